The van der Waals surface area contributed by atoms with E-state index in [0.29, 0.717) is 12.2 Å². The van der Waals surface area contributed by atoms with Gasteiger partial charge in [0, 0.05) is 17.5 Å². The Morgan fingerprint density at radius 2 is 1.37 bits per heavy atom. The second kappa shape index (κ2) is 16.5. The van der Waals surface area contributed by atoms with E-state index in [2.05, 4.69) is 23.7 Å². The molecule has 1 heterocycles. The van der Waals surface area contributed by atoms with E-state index in [1.165, 1.54) is 76.3 Å². The van der Waals surface area contributed by atoms with Crippen molar-refractivity contribution < 1.29 is 9.53 Å². The Kier molecular flexibility index (Phi) is 14.3. The van der Waals surface area contributed by atoms with Gasteiger partial charge in [-0.1, -0.05) is 83.3 Å². The second-order valence-corrected chi connectivity index (χ2v) is 7.58. The van der Waals surface area contributed by atoms with E-state index in [9.17, 15) is 4.79 Å². The Labute approximate surface area is 166 Å². The Hall–Kier alpha value is -1.64. The summed E-state index contributed by atoms with van der Waals surface area (Å²) in [6, 6.07) is 6.18. The molecule has 0 aliphatic rings. The van der Waals surface area contributed by atoms with Crippen molar-refractivity contribution in [1.29, 1.82) is 0 Å². The van der Waals surface area contributed by atoms with Gasteiger partial charge in [0.25, 0.3) is 0 Å². The van der Waals surface area contributed by atoms with Crippen molar-refractivity contribution in [3.63, 3.8) is 0 Å². The van der Waals surface area contributed by atoms with Gasteiger partial charge in [-0.05, 0) is 38.3 Å². The molecular formula is C24H39NO2. The highest BCUT2D eigenvalue weighted by atomic mass is 16.5. The van der Waals surface area contributed by atoms with Crippen LogP contribution in [0.5, 0.6) is 0 Å². The predicted octanol–water partition coefficient (Wildman–Crippen LogP) is 6.81. The summed E-state index contributed by atoms with van der Waals surface area (Å²) < 4.78 is 5.09. The van der Waals surface area contributed by atoms with Gasteiger partial charge in [-0.3, -0.25) is 4.98 Å². The van der Waals surface area contributed by atoms with Crippen molar-refractivity contribution >= 4 is 5.97 Å². The molecule has 0 unspecified atom stereocenters. The Balaban J connectivity index is 1.73. The molecule has 0 spiro atoms. The predicted molar refractivity (Wildman–Crippen MR) is 114 cm³/mol. The lowest BCUT2D eigenvalue weighted by Gasteiger charge is -2.05. The van der Waals surface area contributed by atoms with Crippen molar-refractivity contribution in [3.8, 4) is 0 Å². The molecule has 152 valence electrons. The molecule has 0 aliphatic heterocycles. The quantitative estimate of drug-likeness (QED) is 0.171. The topological polar surface area (TPSA) is 39.2 Å². The molecule has 0 atom stereocenters. The first-order valence-electron chi connectivity index (χ1n) is 10.9. The molecule has 1 aromatic rings. The van der Waals surface area contributed by atoms with Crippen molar-refractivity contribution in [2.24, 2.45) is 0 Å². The van der Waals surface area contributed by atoms with Crippen LogP contribution in [0.3, 0.4) is 0 Å². The maximum Gasteiger partial charge on any atom is 0.333 e. The number of carbonyl (C=O) groups is 1. The van der Waals surface area contributed by atoms with E-state index < -0.39 is 0 Å². The van der Waals surface area contributed by atoms with E-state index in [1.807, 2.05) is 12.3 Å². The molecule has 0 fully saturated rings. The molecule has 0 saturated carbocycles. The van der Waals surface area contributed by atoms with Crippen LogP contribution in [0.1, 0.15) is 96.1 Å². The molecular weight excluding hydrogens is 334 g/mol. The van der Waals surface area contributed by atoms with Gasteiger partial charge in [-0.2, -0.15) is 0 Å². The fraction of sp³-hybridized carbons (Fsp3) is 0.667. The first-order valence-corrected chi connectivity index (χ1v) is 10.9. The first kappa shape index (κ1) is 23.4. The lowest BCUT2D eigenvalue weighted by atomic mass is 10.0. The third kappa shape index (κ3) is 14.1. The van der Waals surface area contributed by atoms with Gasteiger partial charge >= 0.3 is 5.97 Å². The summed E-state index contributed by atoms with van der Waals surface area (Å²) in [6.07, 6.45) is 19.9. The number of esters is 1. The van der Waals surface area contributed by atoms with Crippen LogP contribution >= 0.6 is 0 Å². The monoisotopic (exact) mass is 373 g/mol. The number of aromatic nitrogens is 1. The van der Waals surface area contributed by atoms with Crippen LogP contribution < -0.4 is 0 Å². The first-order chi connectivity index (χ1) is 13.2. The maximum atomic E-state index is 11.2. The second-order valence-electron chi connectivity index (χ2n) is 7.58. The summed E-state index contributed by atoms with van der Waals surface area (Å²) in [5.41, 5.74) is 1.71. The third-order valence-corrected chi connectivity index (χ3v) is 4.89. The van der Waals surface area contributed by atoms with E-state index in [0.717, 1.165) is 19.3 Å². The van der Waals surface area contributed by atoms with E-state index >= 15 is 0 Å². The molecule has 1 aromatic heterocycles. The van der Waals surface area contributed by atoms with Crippen LogP contribution in [-0.2, 0) is 16.0 Å². The number of nitrogens with zero attached hydrogens (tertiary/aromatic N) is 1. The normalized spacial score (nSPS) is 10.7. The SMILES string of the molecule is C=C(C)C(=O)OCCCCCCCCCCCCCCCc1ccccn1. The number of pyridine rings is 1. The Morgan fingerprint density at radius 1 is 0.852 bits per heavy atom. The van der Waals surface area contributed by atoms with Crippen LogP contribution in [-0.4, -0.2) is 17.6 Å². The number of hydrogen-bond acceptors (Lipinski definition) is 3. The van der Waals surface area contributed by atoms with Crippen LogP contribution in [0.2, 0.25) is 0 Å². The van der Waals surface area contributed by atoms with E-state index in [1.54, 1.807) is 6.92 Å². The summed E-state index contributed by atoms with van der Waals surface area (Å²) in [6.45, 7) is 5.80. The fourth-order valence-corrected chi connectivity index (χ4v) is 3.19. The smallest absolute Gasteiger partial charge is 0.333 e. The van der Waals surface area contributed by atoms with Gasteiger partial charge in [0.2, 0.25) is 0 Å². The number of aryl methyl sites for hydroxylation is 1. The molecule has 0 bridgehead atoms. The molecule has 1 rings (SSSR count). The largest absolute Gasteiger partial charge is 0.462 e. The van der Waals surface area contributed by atoms with Gasteiger partial charge in [0.15, 0.2) is 0 Å². The zero-order chi connectivity index (χ0) is 19.6. The number of carbonyl (C=O) groups excluding carboxylic acids is 1. The number of hydrogen-bond donors (Lipinski definition) is 0. The minimum absolute atomic E-state index is 0.261. The summed E-state index contributed by atoms with van der Waals surface area (Å²) in [7, 11) is 0. The van der Waals surface area contributed by atoms with Gasteiger partial charge in [0.1, 0.15) is 0 Å². The molecule has 0 aliphatic carbocycles. The average molecular weight is 374 g/mol. The van der Waals surface area contributed by atoms with E-state index in [4.69, 9.17) is 4.74 Å². The molecule has 0 N–H and O–H groups in total. The lowest BCUT2D eigenvalue weighted by Crippen LogP contribution is -2.05. The molecule has 3 heteroatoms. The maximum absolute atomic E-state index is 11.2. The van der Waals surface area contributed by atoms with Gasteiger partial charge in [0.05, 0.1) is 6.61 Å². The van der Waals surface area contributed by atoms with Crippen LogP contribution in [0.4, 0.5) is 0 Å². The highest BCUT2D eigenvalue weighted by molar-refractivity contribution is 5.86. The Morgan fingerprint density at radius 3 is 1.85 bits per heavy atom. The summed E-state index contributed by atoms with van der Waals surface area (Å²) in [5.74, 6) is -0.261. The fourth-order valence-electron chi connectivity index (χ4n) is 3.19. The summed E-state index contributed by atoms with van der Waals surface area (Å²) in [4.78, 5) is 15.6. The number of ether oxygens (including phenoxy) is 1. The highest BCUT2D eigenvalue weighted by Crippen LogP contribution is 2.13. The molecule has 0 saturated heterocycles. The molecule has 3 nitrogen and oxygen atoms in total. The van der Waals surface area contributed by atoms with Crippen molar-refractivity contribution in [3.05, 3.63) is 42.2 Å². The van der Waals surface area contributed by atoms with Crippen LogP contribution in [0, 0.1) is 0 Å². The zero-order valence-corrected chi connectivity index (χ0v) is 17.4. The summed E-state index contributed by atoms with van der Waals surface area (Å²) in [5, 5.41) is 0. The standard InChI is InChI=1S/C24H39NO2/c1-22(2)24(26)27-21-17-13-11-9-7-5-3-4-6-8-10-12-14-18-23-19-15-16-20-25-23/h15-16,19-20H,1,3-14,17-18,21H2,2H3. The molecule has 27 heavy (non-hydrogen) atoms. The van der Waals surface area contributed by atoms with E-state index in [-0.39, 0.29) is 5.97 Å². The van der Waals surface area contributed by atoms with Gasteiger partial charge in [-0.25, -0.2) is 4.79 Å². The van der Waals surface area contributed by atoms with Gasteiger partial charge < -0.3 is 4.74 Å². The highest BCUT2D eigenvalue weighted by Gasteiger charge is 2.01. The number of rotatable bonds is 17. The van der Waals surface area contributed by atoms with Crippen LogP contribution in [0.15, 0.2) is 36.5 Å². The van der Waals surface area contributed by atoms with Gasteiger partial charge in [-0.15, -0.1) is 0 Å². The van der Waals surface area contributed by atoms with Crippen molar-refractivity contribution in [2.45, 2.75) is 96.8 Å². The number of unbranched alkanes of at least 4 members (excludes halogenated alkanes) is 12. The third-order valence-electron chi connectivity index (χ3n) is 4.89. The Bertz CT molecular complexity index is 498. The minimum atomic E-state index is -0.261. The van der Waals surface area contributed by atoms with Crippen LogP contribution in [0.25, 0.3) is 0 Å². The molecule has 0 amide bonds. The molecule has 0 aromatic carbocycles. The van der Waals surface area contributed by atoms with Crippen molar-refractivity contribution in [1.82, 2.24) is 4.98 Å². The van der Waals surface area contributed by atoms with Crippen molar-refractivity contribution in [2.75, 3.05) is 6.61 Å². The summed E-state index contributed by atoms with van der Waals surface area (Å²) >= 11 is 0. The molecule has 0 radical (unpaired) electrons. The average Bonchev–Trinajstić information content (AvgIpc) is 2.68. The minimum Gasteiger partial charge on any atom is -0.462 e. The lowest BCUT2D eigenvalue weighted by molar-refractivity contribution is -0.139. The zero-order valence-electron chi connectivity index (χ0n) is 17.4.